The van der Waals surface area contributed by atoms with Crippen LogP contribution in [-0.4, -0.2) is 18.1 Å². The van der Waals surface area contributed by atoms with E-state index in [0.717, 1.165) is 13.3 Å². The number of halogens is 3. The Hall–Kier alpha value is -1.24. The van der Waals surface area contributed by atoms with Crippen molar-refractivity contribution >= 4 is 21.9 Å². The van der Waals surface area contributed by atoms with Gasteiger partial charge in [-0.1, -0.05) is 0 Å². The molecule has 1 N–H and O–H groups in total. The lowest BCUT2D eigenvalue weighted by atomic mass is 10.2. The molecule has 4 nitrogen and oxygen atoms in total. The van der Waals surface area contributed by atoms with Crippen LogP contribution in [0.4, 0.5) is 8.78 Å². The zero-order valence-corrected chi connectivity index (χ0v) is 9.10. The molecule has 15 heavy (non-hydrogen) atoms. The highest BCUT2D eigenvalue weighted by atomic mass is 79.9. The van der Waals surface area contributed by atoms with Crippen molar-refractivity contribution in [3.05, 3.63) is 32.2 Å². The monoisotopic (exact) mass is 281 g/mol. The van der Waals surface area contributed by atoms with E-state index in [2.05, 4.69) is 25.7 Å². The van der Waals surface area contributed by atoms with Gasteiger partial charge in [0.15, 0.2) is 0 Å². The molecular formula is C8H6BrF2NO3. The van der Waals surface area contributed by atoms with Gasteiger partial charge in [0.2, 0.25) is 5.43 Å². The molecule has 1 aromatic rings. The first-order valence-electron chi connectivity index (χ1n) is 3.76. The average molecular weight is 282 g/mol. The Labute approximate surface area is 91.4 Å². The number of pyridine rings is 1. The Morgan fingerprint density at radius 3 is 2.67 bits per heavy atom. The molecule has 0 fully saturated rings. The van der Waals surface area contributed by atoms with E-state index >= 15 is 0 Å². The minimum atomic E-state index is -2.82. The number of alkyl halides is 2. The van der Waals surface area contributed by atoms with Crippen molar-refractivity contribution in [3.63, 3.8) is 0 Å². The van der Waals surface area contributed by atoms with Gasteiger partial charge >= 0.3 is 5.97 Å². The summed E-state index contributed by atoms with van der Waals surface area (Å²) in [7, 11) is 1.09. The summed E-state index contributed by atoms with van der Waals surface area (Å²) in [6.07, 6.45) is -1.92. The van der Waals surface area contributed by atoms with E-state index in [1.54, 1.807) is 0 Å². The maximum atomic E-state index is 12.3. The van der Waals surface area contributed by atoms with Gasteiger partial charge in [0.1, 0.15) is 11.3 Å². The smallest absolute Gasteiger partial charge is 0.343 e. The van der Waals surface area contributed by atoms with Gasteiger partial charge in [0.05, 0.1) is 11.6 Å². The summed E-state index contributed by atoms with van der Waals surface area (Å²) in [6, 6.07) is 0. The largest absolute Gasteiger partial charge is 0.465 e. The molecule has 0 aromatic carbocycles. The molecule has 0 aliphatic carbocycles. The van der Waals surface area contributed by atoms with E-state index in [-0.39, 0.29) is 10.0 Å². The predicted octanol–water partition coefficient (Wildman–Crippen LogP) is 1.86. The number of rotatable bonds is 2. The highest BCUT2D eigenvalue weighted by Crippen LogP contribution is 2.22. The predicted molar refractivity (Wildman–Crippen MR) is 51.1 cm³/mol. The second-order valence-electron chi connectivity index (χ2n) is 2.55. The molecule has 1 heterocycles. The summed E-state index contributed by atoms with van der Waals surface area (Å²) >= 11 is 2.70. The third-order valence-electron chi connectivity index (χ3n) is 1.68. The standard InChI is InChI=1S/C8H6BrF2NO3/c1-15-8(14)3-2-12-5(7(10)11)4(9)6(3)13/h2,7H,1H3,(H,12,13). The van der Waals surface area contributed by atoms with Gasteiger partial charge in [0.25, 0.3) is 6.43 Å². The lowest BCUT2D eigenvalue weighted by molar-refractivity contribution is 0.0598. The maximum absolute atomic E-state index is 12.3. The lowest BCUT2D eigenvalue weighted by Gasteiger charge is -2.04. The number of ether oxygens (including phenoxy) is 1. The summed E-state index contributed by atoms with van der Waals surface area (Å²) in [5.74, 6) is -0.877. The number of H-pyrrole nitrogens is 1. The molecule has 0 saturated carbocycles. The zero-order valence-electron chi connectivity index (χ0n) is 7.51. The van der Waals surface area contributed by atoms with Crippen molar-refractivity contribution in [1.29, 1.82) is 0 Å². The number of carbonyl (C=O) groups is 1. The van der Waals surface area contributed by atoms with Crippen molar-refractivity contribution in [2.75, 3.05) is 7.11 Å². The number of nitrogens with one attached hydrogen (secondary N) is 1. The first kappa shape index (κ1) is 11.8. The highest BCUT2D eigenvalue weighted by Gasteiger charge is 2.20. The normalized spacial score (nSPS) is 10.5. The second kappa shape index (κ2) is 4.52. The first-order chi connectivity index (χ1) is 6.99. The van der Waals surface area contributed by atoms with Crippen LogP contribution >= 0.6 is 15.9 Å². The molecule has 0 atom stereocenters. The summed E-state index contributed by atoms with van der Waals surface area (Å²) in [6.45, 7) is 0. The van der Waals surface area contributed by atoms with Crippen molar-refractivity contribution in [3.8, 4) is 0 Å². The molecule has 0 saturated heterocycles. The Kier molecular flexibility index (Phi) is 3.57. The molecule has 0 unspecified atom stereocenters. The minimum Gasteiger partial charge on any atom is -0.465 e. The minimum absolute atomic E-state index is 0.325. The van der Waals surface area contributed by atoms with E-state index < -0.39 is 23.5 Å². The van der Waals surface area contributed by atoms with Crippen molar-refractivity contribution in [2.45, 2.75) is 6.43 Å². The third kappa shape index (κ3) is 2.23. The summed E-state index contributed by atoms with van der Waals surface area (Å²) in [5, 5.41) is 0. The van der Waals surface area contributed by atoms with Crippen LogP contribution in [0.3, 0.4) is 0 Å². The van der Waals surface area contributed by atoms with Crippen LogP contribution in [0, 0.1) is 0 Å². The fourth-order valence-corrected chi connectivity index (χ4v) is 1.44. The molecule has 1 rings (SSSR count). The number of carbonyl (C=O) groups excluding carboxylic acids is 1. The Morgan fingerprint density at radius 2 is 2.20 bits per heavy atom. The van der Waals surface area contributed by atoms with Gasteiger partial charge in [-0.2, -0.15) is 0 Å². The molecule has 0 aliphatic rings. The Morgan fingerprint density at radius 1 is 1.60 bits per heavy atom. The van der Waals surface area contributed by atoms with Crippen LogP contribution in [0.2, 0.25) is 0 Å². The van der Waals surface area contributed by atoms with E-state index in [0.29, 0.717) is 0 Å². The SMILES string of the molecule is COC(=O)c1c[nH]c(C(F)F)c(Br)c1=O. The number of esters is 1. The molecule has 0 amide bonds. The quantitative estimate of drug-likeness (QED) is 0.842. The number of methoxy groups -OCH3 is 1. The summed E-state index contributed by atoms with van der Waals surface area (Å²) < 4.78 is 28.6. The van der Waals surface area contributed by atoms with E-state index in [1.165, 1.54) is 0 Å². The van der Waals surface area contributed by atoms with Gasteiger partial charge in [0, 0.05) is 6.20 Å². The molecule has 0 bridgehead atoms. The molecule has 1 aromatic heterocycles. The van der Waals surface area contributed by atoms with Crippen LogP contribution in [0.1, 0.15) is 22.5 Å². The zero-order chi connectivity index (χ0) is 11.6. The van der Waals surface area contributed by atoms with Crippen LogP contribution in [0.15, 0.2) is 15.5 Å². The number of aromatic amines is 1. The molecule has 0 spiro atoms. The number of hydrogen-bond acceptors (Lipinski definition) is 3. The first-order valence-corrected chi connectivity index (χ1v) is 4.56. The lowest BCUT2D eigenvalue weighted by Crippen LogP contribution is -2.19. The van der Waals surface area contributed by atoms with Crippen LogP contribution in [0.5, 0.6) is 0 Å². The van der Waals surface area contributed by atoms with Crippen LogP contribution in [0.25, 0.3) is 0 Å². The fraction of sp³-hybridized carbons (Fsp3) is 0.250. The Bertz CT molecular complexity index is 444. The van der Waals surface area contributed by atoms with E-state index in [9.17, 15) is 18.4 Å². The second-order valence-corrected chi connectivity index (χ2v) is 3.34. The van der Waals surface area contributed by atoms with Crippen LogP contribution < -0.4 is 5.43 Å². The van der Waals surface area contributed by atoms with E-state index in [1.807, 2.05) is 0 Å². The van der Waals surface area contributed by atoms with Crippen molar-refractivity contribution < 1.29 is 18.3 Å². The van der Waals surface area contributed by atoms with Gasteiger partial charge < -0.3 is 9.72 Å². The molecule has 7 heteroatoms. The highest BCUT2D eigenvalue weighted by molar-refractivity contribution is 9.10. The van der Waals surface area contributed by atoms with Crippen molar-refractivity contribution in [1.82, 2.24) is 4.98 Å². The number of hydrogen-bond donors (Lipinski definition) is 1. The van der Waals surface area contributed by atoms with Gasteiger partial charge in [-0.3, -0.25) is 4.79 Å². The van der Waals surface area contributed by atoms with E-state index in [4.69, 9.17) is 0 Å². The average Bonchev–Trinajstić information content (AvgIpc) is 2.20. The Balaban J connectivity index is 3.34. The number of aromatic nitrogens is 1. The van der Waals surface area contributed by atoms with Gasteiger partial charge in [-0.25, -0.2) is 13.6 Å². The topological polar surface area (TPSA) is 59.2 Å². The molecule has 0 aliphatic heterocycles. The summed E-state index contributed by atoms with van der Waals surface area (Å²) in [4.78, 5) is 24.6. The third-order valence-corrected chi connectivity index (χ3v) is 2.46. The molecule has 0 radical (unpaired) electrons. The molecular weight excluding hydrogens is 276 g/mol. The van der Waals surface area contributed by atoms with Gasteiger partial charge in [-0.05, 0) is 15.9 Å². The van der Waals surface area contributed by atoms with Crippen LogP contribution in [-0.2, 0) is 4.74 Å². The van der Waals surface area contributed by atoms with Crippen molar-refractivity contribution in [2.24, 2.45) is 0 Å². The summed E-state index contributed by atoms with van der Waals surface area (Å²) in [5.41, 5.74) is -1.71. The maximum Gasteiger partial charge on any atom is 0.343 e. The molecule has 82 valence electrons. The van der Waals surface area contributed by atoms with Gasteiger partial charge in [-0.15, -0.1) is 0 Å². The fourth-order valence-electron chi connectivity index (χ4n) is 0.940.